The van der Waals surface area contributed by atoms with Crippen LogP contribution in [0.2, 0.25) is 5.02 Å². The molecule has 0 aliphatic carbocycles. The van der Waals surface area contributed by atoms with Crippen LogP contribution in [0.15, 0.2) is 83.3 Å². The van der Waals surface area contributed by atoms with Crippen LogP contribution in [-0.2, 0) is 0 Å². The summed E-state index contributed by atoms with van der Waals surface area (Å²) in [4.78, 5) is 12.4. The van der Waals surface area contributed by atoms with Gasteiger partial charge in [-0.05, 0) is 35.4 Å². The van der Waals surface area contributed by atoms with Gasteiger partial charge in [-0.1, -0.05) is 71.3 Å². The highest BCUT2D eigenvalue weighted by atomic mass is 35.5. The minimum atomic E-state index is -0.330. The van der Waals surface area contributed by atoms with E-state index in [4.69, 9.17) is 16.0 Å². The van der Waals surface area contributed by atoms with E-state index in [1.165, 1.54) is 0 Å². The van der Waals surface area contributed by atoms with Gasteiger partial charge in [-0.15, -0.1) is 5.10 Å². The van der Waals surface area contributed by atoms with Crippen LogP contribution in [0.5, 0.6) is 0 Å². The van der Waals surface area contributed by atoms with Crippen LogP contribution in [0.4, 0.5) is 6.01 Å². The van der Waals surface area contributed by atoms with Gasteiger partial charge in [0.2, 0.25) is 0 Å². The number of nitrogens with zero attached hydrogens (tertiary/aromatic N) is 2. The van der Waals surface area contributed by atoms with Crippen molar-refractivity contribution >= 4 is 23.5 Å². The van der Waals surface area contributed by atoms with Gasteiger partial charge in [-0.25, -0.2) is 0 Å². The fourth-order valence-electron chi connectivity index (χ4n) is 2.63. The van der Waals surface area contributed by atoms with Crippen LogP contribution in [0.25, 0.3) is 22.6 Å². The summed E-state index contributed by atoms with van der Waals surface area (Å²) in [6.07, 6.45) is 0. The Kier molecular flexibility index (Phi) is 4.68. The van der Waals surface area contributed by atoms with E-state index >= 15 is 0 Å². The zero-order valence-corrected chi connectivity index (χ0v) is 14.9. The van der Waals surface area contributed by atoms with Crippen molar-refractivity contribution in [3.63, 3.8) is 0 Å². The van der Waals surface area contributed by atoms with E-state index in [1.807, 2.05) is 54.6 Å². The Hall–Kier alpha value is -3.44. The molecule has 0 fully saturated rings. The third kappa shape index (κ3) is 3.73. The van der Waals surface area contributed by atoms with Crippen LogP contribution in [0.3, 0.4) is 0 Å². The number of anilines is 1. The Labute approximate surface area is 160 Å². The average Bonchev–Trinajstić information content (AvgIpc) is 3.17. The maximum absolute atomic E-state index is 12.4. The lowest BCUT2D eigenvalue weighted by molar-refractivity contribution is 0.102. The number of nitrogens with one attached hydrogen (secondary N) is 1. The Morgan fingerprint density at radius 3 is 2.22 bits per heavy atom. The molecular formula is C21H14ClN3O2. The van der Waals surface area contributed by atoms with Crippen molar-refractivity contribution < 1.29 is 9.21 Å². The number of hydrogen-bond acceptors (Lipinski definition) is 4. The third-order valence-corrected chi connectivity index (χ3v) is 4.33. The first kappa shape index (κ1) is 17.0. The van der Waals surface area contributed by atoms with Gasteiger partial charge in [0, 0.05) is 5.56 Å². The molecule has 0 aliphatic rings. The van der Waals surface area contributed by atoms with Crippen molar-refractivity contribution in [2.24, 2.45) is 0 Å². The van der Waals surface area contributed by atoms with Gasteiger partial charge in [0.05, 0.1) is 10.6 Å². The van der Waals surface area contributed by atoms with Gasteiger partial charge in [-0.2, -0.15) is 0 Å². The quantitative estimate of drug-likeness (QED) is 0.525. The number of halogens is 1. The van der Waals surface area contributed by atoms with E-state index in [1.54, 1.807) is 24.3 Å². The summed E-state index contributed by atoms with van der Waals surface area (Å²) >= 11 is 6.12. The lowest BCUT2D eigenvalue weighted by Gasteiger charge is -2.04. The molecule has 3 aromatic carbocycles. The lowest BCUT2D eigenvalue weighted by Crippen LogP contribution is -2.11. The predicted molar refractivity (Wildman–Crippen MR) is 105 cm³/mol. The normalized spacial score (nSPS) is 10.6. The minimum Gasteiger partial charge on any atom is -0.403 e. The first-order valence-electron chi connectivity index (χ1n) is 8.26. The molecule has 0 saturated carbocycles. The number of amides is 1. The molecule has 4 rings (SSSR count). The summed E-state index contributed by atoms with van der Waals surface area (Å²) in [5.41, 5.74) is 3.23. The molecule has 0 unspecified atom stereocenters. The minimum absolute atomic E-state index is 0.0158. The first-order valence-corrected chi connectivity index (χ1v) is 8.64. The molecule has 4 aromatic rings. The predicted octanol–water partition coefficient (Wildman–Crippen LogP) is 5.31. The van der Waals surface area contributed by atoms with Crippen molar-refractivity contribution in [2.45, 2.75) is 0 Å². The van der Waals surface area contributed by atoms with Crippen LogP contribution < -0.4 is 5.32 Å². The lowest BCUT2D eigenvalue weighted by atomic mass is 10.0. The molecule has 0 atom stereocenters. The number of benzene rings is 3. The number of carbonyl (C=O) groups is 1. The summed E-state index contributed by atoms with van der Waals surface area (Å²) in [5, 5.41) is 10.9. The van der Waals surface area contributed by atoms with Gasteiger partial charge >= 0.3 is 6.01 Å². The van der Waals surface area contributed by atoms with Gasteiger partial charge in [0.25, 0.3) is 11.8 Å². The molecule has 0 aliphatic heterocycles. The molecule has 5 nitrogen and oxygen atoms in total. The zero-order valence-electron chi connectivity index (χ0n) is 14.1. The van der Waals surface area contributed by atoms with E-state index in [2.05, 4.69) is 15.5 Å². The van der Waals surface area contributed by atoms with Crippen molar-refractivity contribution in [3.8, 4) is 22.6 Å². The molecule has 1 heterocycles. The average molecular weight is 376 g/mol. The molecule has 1 amide bonds. The topological polar surface area (TPSA) is 68.0 Å². The van der Waals surface area contributed by atoms with Crippen molar-refractivity contribution in [2.75, 3.05) is 5.32 Å². The summed E-state index contributed by atoms with van der Waals surface area (Å²) in [7, 11) is 0. The third-order valence-electron chi connectivity index (χ3n) is 4.00. The highest BCUT2D eigenvalue weighted by Gasteiger charge is 2.14. The Bertz CT molecular complexity index is 1080. The number of rotatable bonds is 4. The van der Waals surface area contributed by atoms with Crippen LogP contribution in [-0.4, -0.2) is 16.1 Å². The highest BCUT2D eigenvalue weighted by Crippen LogP contribution is 2.27. The fraction of sp³-hybridized carbons (Fsp3) is 0. The molecule has 1 N–H and O–H groups in total. The molecule has 0 saturated heterocycles. The summed E-state index contributed by atoms with van der Waals surface area (Å²) in [6.45, 7) is 0. The second-order valence-electron chi connectivity index (χ2n) is 5.79. The monoisotopic (exact) mass is 375 g/mol. The standard InChI is InChI=1S/C21H14ClN3O2/c22-18-9-5-4-8-17(18)20-24-25-21(27-20)23-19(26)16-12-10-15(11-13-16)14-6-2-1-3-7-14/h1-13H,(H,23,25,26). The summed E-state index contributed by atoms with van der Waals surface area (Å²) in [5.74, 6) is -0.0840. The summed E-state index contributed by atoms with van der Waals surface area (Å²) in [6, 6.07) is 24.4. The van der Waals surface area contributed by atoms with E-state index < -0.39 is 0 Å². The van der Waals surface area contributed by atoms with Gasteiger partial charge < -0.3 is 4.42 Å². The molecule has 27 heavy (non-hydrogen) atoms. The van der Waals surface area contributed by atoms with Crippen molar-refractivity contribution in [1.82, 2.24) is 10.2 Å². The second kappa shape index (κ2) is 7.43. The first-order chi connectivity index (χ1) is 13.2. The second-order valence-corrected chi connectivity index (χ2v) is 6.20. The molecule has 0 spiro atoms. The Morgan fingerprint density at radius 1 is 0.815 bits per heavy atom. The van der Waals surface area contributed by atoms with E-state index in [0.29, 0.717) is 16.1 Å². The molecule has 6 heteroatoms. The molecule has 0 bridgehead atoms. The van der Waals surface area contributed by atoms with E-state index in [0.717, 1.165) is 11.1 Å². The molecular weight excluding hydrogens is 362 g/mol. The van der Waals surface area contributed by atoms with Crippen LogP contribution >= 0.6 is 11.6 Å². The van der Waals surface area contributed by atoms with E-state index in [9.17, 15) is 4.79 Å². The molecule has 0 radical (unpaired) electrons. The molecule has 132 valence electrons. The van der Waals surface area contributed by atoms with Crippen LogP contribution in [0.1, 0.15) is 10.4 Å². The maximum Gasteiger partial charge on any atom is 0.322 e. The van der Waals surface area contributed by atoms with E-state index in [-0.39, 0.29) is 17.8 Å². The number of aromatic nitrogens is 2. The summed E-state index contributed by atoms with van der Waals surface area (Å²) < 4.78 is 5.50. The van der Waals surface area contributed by atoms with Crippen LogP contribution in [0, 0.1) is 0 Å². The smallest absolute Gasteiger partial charge is 0.322 e. The van der Waals surface area contributed by atoms with Gasteiger partial charge in [0.1, 0.15) is 0 Å². The SMILES string of the molecule is O=C(Nc1nnc(-c2ccccc2Cl)o1)c1ccc(-c2ccccc2)cc1. The largest absolute Gasteiger partial charge is 0.403 e. The zero-order chi connectivity index (χ0) is 18.6. The maximum atomic E-state index is 12.4. The number of carbonyl (C=O) groups excluding carboxylic acids is 1. The van der Waals surface area contributed by atoms with Gasteiger partial charge in [-0.3, -0.25) is 10.1 Å². The van der Waals surface area contributed by atoms with Gasteiger partial charge in [0.15, 0.2) is 0 Å². The van der Waals surface area contributed by atoms with Crippen molar-refractivity contribution in [1.29, 1.82) is 0 Å². The molecule has 1 aromatic heterocycles. The Balaban J connectivity index is 1.49. The highest BCUT2D eigenvalue weighted by molar-refractivity contribution is 6.33. The number of hydrogen-bond donors (Lipinski definition) is 1. The fourth-order valence-corrected chi connectivity index (χ4v) is 2.85. The van der Waals surface area contributed by atoms with Crippen molar-refractivity contribution in [3.05, 3.63) is 89.4 Å². The Morgan fingerprint density at radius 2 is 1.48 bits per heavy atom.